The van der Waals surface area contributed by atoms with Crippen molar-refractivity contribution in [2.45, 2.75) is 45.0 Å². The highest BCUT2D eigenvalue weighted by molar-refractivity contribution is 9.10. The standard InChI is InChI=1S/C17H20BrClN2/c1-3-21-15(16(18)11(2)20-21)10-13-9-8-12-6-4-5-7-14(12)17(13)19/h4-7,13,17H,3,8-10H2,1-2H3. The smallest absolute Gasteiger partial charge is 0.0738 e. The minimum absolute atomic E-state index is 0.0994. The van der Waals surface area contributed by atoms with Crippen molar-refractivity contribution in [2.24, 2.45) is 5.92 Å². The number of hydrogen-bond acceptors (Lipinski definition) is 1. The Hall–Kier alpha value is -0.800. The van der Waals surface area contributed by atoms with Crippen LogP contribution < -0.4 is 0 Å². The zero-order valence-corrected chi connectivity index (χ0v) is 14.8. The van der Waals surface area contributed by atoms with Crippen molar-refractivity contribution in [1.29, 1.82) is 0 Å². The van der Waals surface area contributed by atoms with E-state index < -0.39 is 0 Å². The molecule has 4 heteroatoms. The van der Waals surface area contributed by atoms with E-state index in [1.54, 1.807) is 0 Å². The van der Waals surface area contributed by atoms with Gasteiger partial charge in [0.25, 0.3) is 0 Å². The molecule has 2 nitrogen and oxygen atoms in total. The van der Waals surface area contributed by atoms with Crippen LogP contribution in [0.1, 0.15) is 41.2 Å². The van der Waals surface area contributed by atoms with Gasteiger partial charge in [0, 0.05) is 6.54 Å². The second-order valence-electron chi connectivity index (χ2n) is 5.77. The van der Waals surface area contributed by atoms with E-state index >= 15 is 0 Å². The molecular formula is C17H20BrClN2. The number of hydrogen-bond donors (Lipinski definition) is 0. The summed E-state index contributed by atoms with van der Waals surface area (Å²) in [5.74, 6) is 0.472. The maximum Gasteiger partial charge on any atom is 0.0738 e. The van der Waals surface area contributed by atoms with Gasteiger partial charge in [-0.25, -0.2) is 0 Å². The number of aryl methyl sites for hydroxylation is 3. The zero-order valence-electron chi connectivity index (χ0n) is 12.4. The van der Waals surface area contributed by atoms with Gasteiger partial charge in [0.1, 0.15) is 0 Å². The van der Waals surface area contributed by atoms with Gasteiger partial charge in [0.15, 0.2) is 0 Å². The lowest BCUT2D eigenvalue weighted by Crippen LogP contribution is -2.20. The molecule has 2 aromatic rings. The molecule has 1 aromatic heterocycles. The Balaban J connectivity index is 1.87. The molecule has 0 aliphatic heterocycles. The molecule has 0 bridgehead atoms. The van der Waals surface area contributed by atoms with E-state index in [0.717, 1.165) is 36.0 Å². The molecule has 0 spiro atoms. The lowest BCUT2D eigenvalue weighted by atomic mass is 9.81. The van der Waals surface area contributed by atoms with E-state index in [0.29, 0.717) is 5.92 Å². The van der Waals surface area contributed by atoms with Gasteiger partial charge in [-0.2, -0.15) is 5.10 Å². The third-order valence-electron chi connectivity index (χ3n) is 4.46. The van der Waals surface area contributed by atoms with E-state index in [4.69, 9.17) is 11.6 Å². The average molecular weight is 368 g/mol. The van der Waals surface area contributed by atoms with Crippen LogP contribution in [0.5, 0.6) is 0 Å². The number of nitrogens with zero attached hydrogens (tertiary/aromatic N) is 2. The van der Waals surface area contributed by atoms with E-state index in [1.165, 1.54) is 16.8 Å². The lowest BCUT2D eigenvalue weighted by Gasteiger charge is -2.29. The van der Waals surface area contributed by atoms with Gasteiger partial charge in [-0.3, -0.25) is 4.68 Å². The molecular weight excluding hydrogens is 348 g/mol. The number of rotatable bonds is 3. The highest BCUT2D eigenvalue weighted by Crippen LogP contribution is 2.41. The fraction of sp³-hybridized carbons (Fsp3) is 0.471. The van der Waals surface area contributed by atoms with Crippen LogP contribution in [0.25, 0.3) is 0 Å². The normalized spacial score (nSPS) is 21.3. The maximum atomic E-state index is 6.77. The first-order chi connectivity index (χ1) is 10.1. The van der Waals surface area contributed by atoms with Crippen molar-refractivity contribution in [1.82, 2.24) is 9.78 Å². The van der Waals surface area contributed by atoms with Gasteiger partial charge < -0.3 is 0 Å². The topological polar surface area (TPSA) is 17.8 Å². The lowest BCUT2D eigenvalue weighted by molar-refractivity contribution is 0.425. The summed E-state index contributed by atoms with van der Waals surface area (Å²) in [6.07, 6.45) is 3.25. The molecule has 0 saturated carbocycles. The number of fused-ring (bicyclic) bond motifs is 1. The molecule has 0 N–H and O–H groups in total. The Labute approximate surface area is 139 Å². The monoisotopic (exact) mass is 366 g/mol. The van der Waals surface area contributed by atoms with Crippen molar-refractivity contribution in [3.05, 3.63) is 51.3 Å². The maximum absolute atomic E-state index is 6.77. The second-order valence-corrected chi connectivity index (χ2v) is 7.03. The van der Waals surface area contributed by atoms with Crippen LogP contribution in [0.15, 0.2) is 28.7 Å². The summed E-state index contributed by atoms with van der Waals surface area (Å²) in [4.78, 5) is 0. The number of alkyl halides is 1. The number of aromatic nitrogens is 2. The van der Waals surface area contributed by atoms with Gasteiger partial charge in [-0.1, -0.05) is 24.3 Å². The van der Waals surface area contributed by atoms with Crippen LogP contribution in [-0.2, 0) is 19.4 Å². The number of halogens is 2. The van der Waals surface area contributed by atoms with Crippen molar-refractivity contribution >= 4 is 27.5 Å². The fourth-order valence-electron chi connectivity index (χ4n) is 3.29. The molecule has 1 aromatic carbocycles. The predicted molar refractivity (Wildman–Crippen MR) is 90.9 cm³/mol. The molecule has 0 saturated heterocycles. The highest BCUT2D eigenvalue weighted by atomic mass is 79.9. The zero-order chi connectivity index (χ0) is 15.0. The first-order valence-electron chi connectivity index (χ1n) is 7.55. The van der Waals surface area contributed by atoms with E-state index in [9.17, 15) is 0 Å². The van der Waals surface area contributed by atoms with Crippen LogP contribution in [0.2, 0.25) is 0 Å². The Kier molecular flexibility index (Phi) is 4.41. The minimum Gasteiger partial charge on any atom is -0.268 e. The van der Waals surface area contributed by atoms with Crippen molar-refractivity contribution in [3.63, 3.8) is 0 Å². The molecule has 2 unspecified atom stereocenters. The van der Waals surface area contributed by atoms with E-state index in [1.807, 2.05) is 6.92 Å². The summed E-state index contributed by atoms with van der Waals surface area (Å²) < 4.78 is 3.25. The largest absolute Gasteiger partial charge is 0.268 e. The van der Waals surface area contributed by atoms with Gasteiger partial charge in [-0.05, 0) is 66.1 Å². The Bertz CT molecular complexity index is 650. The quantitative estimate of drug-likeness (QED) is 0.693. The third kappa shape index (κ3) is 2.78. The van der Waals surface area contributed by atoms with Crippen molar-refractivity contribution in [3.8, 4) is 0 Å². The van der Waals surface area contributed by atoms with Gasteiger partial charge in [-0.15, -0.1) is 11.6 Å². The van der Waals surface area contributed by atoms with Crippen LogP contribution in [0.3, 0.4) is 0 Å². The molecule has 21 heavy (non-hydrogen) atoms. The number of benzene rings is 1. The first kappa shape index (κ1) is 15.1. The van der Waals surface area contributed by atoms with Crippen LogP contribution in [0.4, 0.5) is 0 Å². The van der Waals surface area contributed by atoms with Crippen LogP contribution >= 0.6 is 27.5 Å². The van der Waals surface area contributed by atoms with E-state index in [-0.39, 0.29) is 5.38 Å². The molecule has 0 fully saturated rings. The van der Waals surface area contributed by atoms with Crippen LogP contribution in [-0.4, -0.2) is 9.78 Å². The highest BCUT2D eigenvalue weighted by Gasteiger charge is 2.29. The van der Waals surface area contributed by atoms with Gasteiger partial charge in [0.05, 0.1) is 21.2 Å². The molecule has 0 radical (unpaired) electrons. The Morgan fingerprint density at radius 3 is 2.90 bits per heavy atom. The van der Waals surface area contributed by atoms with Gasteiger partial charge >= 0.3 is 0 Å². The second kappa shape index (κ2) is 6.13. The summed E-state index contributed by atoms with van der Waals surface area (Å²) in [5.41, 5.74) is 5.07. The molecule has 3 rings (SSSR count). The first-order valence-corrected chi connectivity index (χ1v) is 8.78. The SMILES string of the molecule is CCn1nc(C)c(Br)c1CC1CCc2ccccc2C1Cl. The fourth-order valence-corrected chi connectivity index (χ4v) is 4.16. The summed E-state index contributed by atoms with van der Waals surface area (Å²) in [6, 6.07) is 8.58. The van der Waals surface area contributed by atoms with E-state index in [2.05, 4.69) is 56.9 Å². The minimum atomic E-state index is 0.0994. The predicted octanol–water partition coefficient (Wildman–Crippen LogP) is 5.06. The van der Waals surface area contributed by atoms with Gasteiger partial charge in [0.2, 0.25) is 0 Å². The van der Waals surface area contributed by atoms with Crippen LogP contribution in [0, 0.1) is 12.8 Å². The summed E-state index contributed by atoms with van der Waals surface area (Å²) in [6.45, 7) is 5.09. The summed E-state index contributed by atoms with van der Waals surface area (Å²) in [5, 5.41) is 4.69. The summed E-state index contributed by atoms with van der Waals surface area (Å²) >= 11 is 10.5. The third-order valence-corrected chi connectivity index (χ3v) is 6.08. The molecule has 1 aliphatic rings. The Morgan fingerprint density at radius 2 is 2.14 bits per heavy atom. The summed E-state index contributed by atoms with van der Waals surface area (Å²) in [7, 11) is 0. The van der Waals surface area contributed by atoms with Crippen molar-refractivity contribution in [2.75, 3.05) is 0 Å². The molecule has 2 atom stereocenters. The Morgan fingerprint density at radius 1 is 1.38 bits per heavy atom. The molecule has 0 amide bonds. The average Bonchev–Trinajstić information content (AvgIpc) is 2.78. The molecule has 112 valence electrons. The van der Waals surface area contributed by atoms with Crippen molar-refractivity contribution < 1.29 is 0 Å². The molecule has 1 heterocycles. The molecule has 1 aliphatic carbocycles.